The van der Waals surface area contributed by atoms with Gasteiger partial charge in [0.2, 0.25) is 0 Å². The minimum Gasteiger partial charge on any atom is -0.378 e. The van der Waals surface area contributed by atoms with Gasteiger partial charge < -0.3 is 10.2 Å². The first-order valence-electron chi connectivity index (χ1n) is 10.7. The molecule has 0 aromatic heterocycles. The molecule has 3 aromatic rings. The highest BCUT2D eigenvalue weighted by molar-refractivity contribution is 9.10. The zero-order valence-electron chi connectivity index (χ0n) is 18.3. The summed E-state index contributed by atoms with van der Waals surface area (Å²) in [6.45, 7) is 0.771. The van der Waals surface area contributed by atoms with Crippen molar-refractivity contribution in [3.05, 3.63) is 100 Å². The molecule has 0 saturated heterocycles. The normalized spacial score (nSPS) is 15.4. The van der Waals surface area contributed by atoms with Crippen LogP contribution >= 0.6 is 28.1 Å². The Hall–Kier alpha value is -2.70. The van der Waals surface area contributed by atoms with E-state index < -0.39 is 0 Å². The summed E-state index contributed by atoms with van der Waals surface area (Å²) < 4.78 is 1.06. The van der Waals surface area contributed by atoms with Gasteiger partial charge in [0.05, 0.1) is 11.8 Å². The van der Waals surface area contributed by atoms with Crippen molar-refractivity contribution in [2.75, 3.05) is 25.5 Å². The second-order valence-corrected chi connectivity index (χ2v) is 9.38. The number of thiocarbonyl (C=S) groups is 1. The maximum absolute atomic E-state index is 5.79. The van der Waals surface area contributed by atoms with E-state index in [4.69, 9.17) is 17.3 Å². The zero-order chi connectivity index (χ0) is 22.5. The summed E-state index contributed by atoms with van der Waals surface area (Å²) in [4.78, 5) is 2.11. The maximum atomic E-state index is 5.79. The Morgan fingerprint density at radius 2 is 1.81 bits per heavy atom. The number of anilines is 1. The molecule has 4 nitrogen and oxygen atoms in total. The van der Waals surface area contributed by atoms with Gasteiger partial charge in [0.15, 0.2) is 5.11 Å². The molecule has 1 aliphatic heterocycles. The minimum atomic E-state index is 0.0674. The van der Waals surface area contributed by atoms with Crippen LogP contribution < -0.4 is 10.2 Å². The largest absolute Gasteiger partial charge is 0.378 e. The Kier molecular flexibility index (Phi) is 7.22. The second kappa shape index (κ2) is 10.3. The fraction of sp³-hybridized carbons (Fsp3) is 0.231. The van der Waals surface area contributed by atoms with Crippen LogP contribution in [0.2, 0.25) is 0 Å². The van der Waals surface area contributed by atoms with Crippen LogP contribution in [0.1, 0.15) is 29.2 Å². The SMILES string of the molecule is CN(C)c1cccc(C2=NN(C(=S)NCCc3ccccc3)[C@H](c3ccc(Br)cc3)C2)c1. The maximum Gasteiger partial charge on any atom is 0.190 e. The number of hydrogen-bond acceptors (Lipinski definition) is 3. The third-order valence-electron chi connectivity index (χ3n) is 5.60. The lowest BCUT2D eigenvalue weighted by Gasteiger charge is -2.25. The molecule has 1 atom stereocenters. The van der Waals surface area contributed by atoms with Crippen molar-refractivity contribution in [2.45, 2.75) is 18.9 Å². The summed E-state index contributed by atoms with van der Waals surface area (Å²) in [6, 6.07) is 27.4. The van der Waals surface area contributed by atoms with Crippen molar-refractivity contribution >= 4 is 44.7 Å². The molecule has 1 heterocycles. The number of hydrazone groups is 1. The standard InChI is InChI=1S/C26H27BrN4S/c1-30(2)23-10-6-9-21(17-23)24-18-25(20-11-13-22(27)14-12-20)31(29-24)26(32)28-16-15-19-7-4-3-5-8-19/h3-14,17,25H,15-16,18H2,1-2H3,(H,28,32)/t25-/m0/s1. The van der Waals surface area contributed by atoms with E-state index in [9.17, 15) is 0 Å². The summed E-state index contributed by atoms with van der Waals surface area (Å²) in [5, 5.41) is 11.0. The molecular formula is C26H27BrN4S. The molecule has 4 rings (SSSR count). The van der Waals surface area contributed by atoms with E-state index in [2.05, 4.69) is 113 Å². The molecule has 0 amide bonds. The lowest BCUT2D eigenvalue weighted by molar-refractivity contribution is 0.364. The Balaban J connectivity index is 1.55. The first-order valence-corrected chi connectivity index (χ1v) is 11.9. The molecule has 0 unspecified atom stereocenters. The fourth-order valence-corrected chi connectivity index (χ4v) is 4.35. The van der Waals surface area contributed by atoms with Gasteiger partial charge in [-0.15, -0.1) is 0 Å². The van der Waals surface area contributed by atoms with Gasteiger partial charge in [-0.1, -0.05) is 70.5 Å². The molecule has 3 aromatic carbocycles. The molecule has 0 spiro atoms. The lowest BCUT2D eigenvalue weighted by Crippen LogP contribution is -2.37. The zero-order valence-corrected chi connectivity index (χ0v) is 20.7. The third-order valence-corrected chi connectivity index (χ3v) is 6.46. The first kappa shape index (κ1) is 22.5. The minimum absolute atomic E-state index is 0.0674. The summed E-state index contributed by atoms with van der Waals surface area (Å²) in [7, 11) is 4.11. The summed E-state index contributed by atoms with van der Waals surface area (Å²) in [5.74, 6) is 0. The number of nitrogens with zero attached hydrogens (tertiary/aromatic N) is 3. The van der Waals surface area contributed by atoms with E-state index in [1.54, 1.807) is 0 Å². The number of nitrogens with one attached hydrogen (secondary N) is 1. The van der Waals surface area contributed by atoms with Gasteiger partial charge in [-0.2, -0.15) is 5.10 Å². The Morgan fingerprint density at radius 1 is 1.06 bits per heavy atom. The molecule has 1 aliphatic rings. The van der Waals surface area contributed by atoms with E-state index in [0.717, 1.165) is 40.8 Å². The molecule has 164 valence electrons. The topological polar surface area (TPSA) is 30.9 Å². The van der Waals surface area contributed by atoms with Crippen LogP contribution in [0, 0.1) is 0 Å². The molecule has 32 heavy (non-hydrogen) atoms. The van der Waals surface area contributed by atoms with E-state index in [1.165, 1.54) is 11.1 Å². The average molecular weight is 508 g/mol. The quantitative estimate of drug-likeness (QED) is 0.429. The fourth-order valence-electron chi connectivity index (χ4n) is 3.82. The number of hydrogen-bond donors (Lipinski definition) is 1. The summed E-state index contributed by atoms with van der Waals surface area (Å²) >= 11 is 9.33. The average Bonchev–Trinajstić information content (AvgIpc) is 3.26. The molecule has 0 bridgehead atoms. The van der Waals surface area contributed by atoms with Crippen LogP contribution in [0.15, 0.2) is 88.4 Å². The van der Waals surface area contributed by atoms with Crippen molar-refractivity contribution in [1.82, 2.24) is 10.3 Å². The van der Waals surface area contributed by atoms with Gasteiger partial charge in [0.25, 0.3) is 0 Å². The predicted molar refractivity (Wildman–Crippen MR) is 141 cm³/mol. The van der Waals surface area contributed by atoms with E-state index >= 15 is 0 Å². The number of rotatable bonds is 6. The van der Waals surface area contributed by atoms with Crippen LogP contribution in [0.4, 0.5) is 5.69 Å². The molecule has 0 saturated carbocycles. The highest BCUT2D eigenvalue weighted by atomic mass is 79.9. The van der Waals surface area contributed by atoms with Crippen molar-refractivity contribution in [2.24, 2.45) is 5.10 Å². The molecular weight excluding hydrogens is 480 g/mol. The Labute approximate surface area is 204 Å². The first-order chi connectivity index (χ1) is 15.5. The van der Waals surface area contributed by atoms with Crippen LogP contribution in [-0.2, 0) is 6.42 Å². The predicted octanol–water partition coefficient (Wildman–Crippen LogP) is 5.78. The lowest BCUT2D eigenvalue weighted by atomic mass is 9.98. The number of benzene rings is 3. The number of halogens is 1. The molecule has 0 radical (unpaired) electrons. The van der Waals surface area contributed by atoms with Crippen LogP contribution in [0.3, 0.4) is 0 Å². The summed E-state index contributed by atoms with van der Waals surface area (Å²) in [6.07, 6.45) is 1.72. The van der Waals surface area contributed by atoms with Crippen molar-refractivity contribution < 1.29 is 0 Å². The smallest absolute Gasteiger partial charge is 0.190 e. The van der Waals surface area contributed by atoms with Crippen LogP contribution in [0.5, 0.6) is 0 Å². The van der Waals surface area contributed by atoms with Crippen molar-refractivity contribution in [1.29, 1.82) is 0 Å². The van der Waals surface area contributed by atoms with Gasteiger partial charge in [0, 0.05) is 37.2 Å². The highest BCUT2D eigenvalue weighted by Crippen LogP contribution is 2.34. The van der Waals surface area contributed by atoms with Gasteiger partial charge >= 0.3 is 0 Å². The Bertz CT molecular complexity index is 1100. The Morgan fingerprint density at radius 3 is 2.53 bits per heavy atom. The van der Waals surface area contributed by atoms with E-state index in [-0.39, 0.29) is 6.04 Å². The van der Waals surface area contributed by atoms with Crippen LogP contribution in [-0.4, -0.2) is 36.5 Å². The second-order valence-electron chi connectivity index (χ2n) is 8.08. The van der Waals surface area contributed by atoms with Gasteiger partial charge in [0.1, 0.15) is 0 Å². The van der Waals surface area contributed by atoms with Crippen molar-refractivity contribution in [3.8, 4) is 0 Å². The molecule has 0 aliphatic carbocycles. The van der Waals surface area contributed by atoms with Gasteiger partial charge in [-0.3, -0.25) is 0 Å². The van der Waals surface area contributed by atoms with Crippen LogP contribution in [0.25, 0.3) is 0 Å². The third kappa shape index (κ3) is 5.37. The molecule has 0 fully saturated rings. The van der Waals surface area contributed by atoms with Crippen molar-refractivity contribution in [3.63, 3.8) is 0 Å². The molecule has 1 N–H and O–H groups in total. The van der Waals surface area contributed by atoms with E-state index in [1.807, 2.05) is 11.1 Å². The monoisotopic (exact) mass is 506 g/mol. The summed E-state index contributed by atoms with van der Waals surface area (Å²) in [5.41, 5.74) is 5.83. The van der Waals surface area contributed by atoms with Gasteiger partial charge in [-0.25, -0.2) is 5.01 Å². The molecule has 6 heteroatoms. The highest BCUT2D eigenvalue weighted by Gasteiger charge is 2.31. The van der Waals surface area contributed by atoms with Gasteiger partial charge in [-0.05, 0) is 59.6 Å². The van der Waals surface area contributed by atoms with E-state index in [0.29, 0.717) is 5.11 Å².